The van der Waals surface area contributed by atoms with Crippen LogP contribution in [0.5, 0.6) is 5.75 Å². The number of carbonyl (C=O) groups excluding carboxylic acids is 3. The average Bonchev–Trinajstić information content (AvgIpc) is 2.76. The van der Waals surface area contributed by atoms with Crippen LogP contribution < -0.4 is 15.2 Å². The topological polar surface area (TPSA) is 99.4 Å². The third-order valence-electron chi connectivity index (χ3n) is 4.92. The molecule has 7 heteroatoms. The van der Waals surface area contributed by atoms with Crippen LogP contribution in [0.2, 0.25) is 0 Å². The maximum atomic E-state index is 13.0. The molecular weight excluding hydrogens is 382 g/mol. The molecule has 0 unspecified atom stereocenters. The van der Waals surface area contributed by atoms with Crippen molar-refractivity contribution in [1.29, 1.82) is 0 Å². The van der Waals surface area contributed by atoms with Crippen LogP contribution in [0.3, 0.4) is 0 Å². The Hall–Kier alpha value is -4.00. The number of carbonyl (C=O) groups is 3. The second-order valence-corrected chi connectivity index (χ2v) is 6.91. The summed E-state index contributed by atoms with van der Waals surface area (Å²) in [6.45, 7) is 0.894. The van der Waals surface area contributed by atoms with Crippen LogP contribution in [-0.2, 0) is 11.3 Å². The van der Waals surface area contributed by atoms with Crippen LogP contribution in [0.1, 0.15) is 31.8 Å². The van der Waals surface area contributed by atoms with Crippen LogP contribution in [0, 0.1) is 0 Å². The smallest absolute Gasteiger partial charge is 0.286 e. The average molecular weight is 402 g/mol. The molecule has 3 N–H and O–H groups in total. The number of rotatable bonds is 6. The van der Waals surface area contributed by atoms with Gasteiger partial charge in [-0.3, -0.25) is 14.4 Å². The summed E-state index contributed by atoms with van der Waals surface area (Å²) in [5.74, 6) is -1.06. The molecule has 0 fully saturated rings. The third kappa shape index (κ3) is 3.65. The van der Waals surface area contributed by atoms with Crippen molar-refractivity contribution in [3.63, 3.8) is 0 Å². The highest BCUT2D eigenvalue weighted by molar-refractivity contribution is 6.31. The molecule has 1 aliphatic rings. The molecule has 1 aromatic heterocycles. The Kier molecular flexibility index (Phi) is 5.26. The summed E-state index contributed by atoms with van der Waals surface area (Å²) in [6, 6.07) is 15.1. The van der Waals surface area contributed by atoms with E-state index in [0.717, 1.165) is 0 Å². The highest BCUT2D eigenvalue weighted by atomic mass is 16.3. The number of pyridine rings is 1. The van der Waals surface area contributed by atoms with Gasteiger partial charge in [0.2, 0.25) is 6.54 Å². The molecule has 0 radical (unpaired) electrons. The molecule has 2 aromatic carbocycles. The SMILES string of the molecule is O=C(C[n+]1ccccc1)NCCNc1ccc(O)c2c1C(=O)c1ccccc1C2=O. The van der Waals surface area contributed by atoms with E-state index >= 15 is 0 Å². The molecule has 0 spiro atoms. The normalized spacial score (nSPS) is 12.1. The molecule has 0 bridgehead atoms. The lowest BCUT2D eigenvalue weighted by Gasteiger charge is -2.21. The van der Waals surface area contributed by atoms with Gasteiger partial charge < -0.3 is 15.7 Å². The van der Waals surface area contributed by atoms with E-state index in [9.17, 15) is 19.5 Å². The number of fused-ring (bicyclic) bond motifs is 2. The molecular formula is C23H20N3O4+. The van der Waals surface area contributed by atoms with Crippen LogP contribution >= 0.6 is 0 Å². The Bertz CT molecular complexity index is 1140. The minimum absolute atomic E-state index is 0.00760. The van der Waals surface area contributed by atoms with Gasteiger partial charge in [-0.2, -0.15) is 4.57 Å². The Morgan fingerprint density at radius 3 is 2.20 bits per heavy atom. The van der Waals surface area contributed by atoms with Gasteiger partial charge in [-0.15, -0.1) is 0 Å². The lowest BCUT2D eigenvalue weighted by molar-refractivity contribution is -0.684. The summed E-state index contributed by atoms with van der Waals surface area (Å²) in [7, 11) is 0. The second-order valence-electron chi connectivity index (χ2n) is 6.91. The number of anilines is 1. The molecule has 0 saturated carbocycles. The van der Waals surface area contributed by atoms with E-state index in [1.54, 1.807) is 47.3 Å². The molecule has 0 atom stereocenters. The number of ketones is 2. The van der Waals surface area contributed by atoms with Gasteiger partial charge in [-0.25, -0.2) is 0 Å². The predicted octanol–water partition coefficient (Wildman–Crippen LogP) is 1.68. The summed E-state index contributed by atoms with van der Waals surface area (Å²) in [6.07, 6.45) is 3.61. The van der Waals surface area contributed by atoms with Gasteiger partial charge in [0, 0.05) is 42.0 Å². The van der Waals surface area contributed by atoms with E-state index in [1.807, 2.05) is 18.2 Å². The highest BCUT2D eigenvalue weighted by Crippen LogP contribution is 2.36. The van der Waals surface area contributed by atoms with E-state index in [2.05, 4.69) is 10.6 Å². The molecule has 1 amide bonds. The molecule has 0 saturated heterocycles. The molecule has 30 heavy (non-hydrogen) atoms. The van der Waals surface area contributed by atoms with Crippen LogP contribution in [0.25, 0.3) is 0 Å². The van der Waals surface area contributed by atoms with E-state index in [0.29, 0.717) is 24.3 Å². The number of nitrogens with one attached hydrogen (secondary N) is 2. The Morgan fingerprint density at radius 2 is 1.50 bits per heavy atom. The lowest BCUT2D eigenvalue weighted by atomic mass is 9.82. The molecule has 3 aromatic rings. The first-order valence-corrected chi connectivity index (χ1v) is 9.55. The van der Waals surface area contributed by atoms with Gasteiger partial charge in [-0.05, 0) is 12.1 Å². The molecule has 4 rings (SSSR count). The first kappa shape index (κ1) is 19.3. The first-order chi connectivity index (χ1) is 14.6. The minimum atomic E-state index is -0.380. The van der Waals surface area contributed by atoms with Crippen LogP contribution in [-0.4, -0.2) is 35.7 Å². The fraction of sp³-hybridized carbons (Fsp3) is 0.130. The Balaban J connectivity index is 1.45. The van der Waals surface area contributed by atoms with Gasteiger partial charge in [0.05, 0.1) is 11.1 Å². The number of aromatic nitrogens is 1. The van der Waals surface area contributed by atoms with Crippen LogP contribution in [0.15, 0.2) is 67.0 Å². The number of benzene rings is 2. The Labute approximate surface area is 173 Å². The number of aromatic hydroxyl groups is 1. The largest absolute Gasteiger partial charge is 0.507 e. The Morgan fingerprint density at radius 1 is 0.833 bits per heavy atom. The van der Waals surface area contributed by atoms with E-state index < -0.39 is 0 Å². The second kappa shape index (κ2) is 8.16. The van der Waals surface area contributed by atoms with Gasteiger partial charge in [0.25, 0.3) is 5.91 Å². The van der Waals surface area contributed by atoms with Crippen molar-refractivity contribution in [2.24, 2.45) is 0 Å². The number of phenols is 1. The van der Waals surface area contributed by atoms with Crippen molar-refractivity contribution in [2.75, 3.05) is 18.4 Å². The van der Waals surface area contributed by atoms with Crippen molar-refractivity contribution in [2.45, 2.75) is 6.54 Å². The number of hydrogen-bond donors (Lipinski definition) is 3. The van der Waals surface area contributed by atoms with Crippen molar-refractivity contribution in [1.82, 2.24) is 5.32 Å². The fourth-order valence-corrected chi connectivity index (χ4v) is 3.51. The van der Waals surface area contributed by atoms with Crippen molar-refractivity contribution in [3.8, 4) is 5.75 Å². The zero-order chi connectivity index (χ0) is 21.1. The molecule has 1 aliphatic carbocycles. The van der Waals surface area contributed by atoms with Crippen molar-refractivity contribution >= 4 is 23.2 Å². The van der Waals surface area contributed by atoms with Gasteiger partial charge in [-0.1, -0.05) is 30.3 Å². The lowest BCUT2D eigenvalue weighted by Crippen LogP contribution is -2.43. The molecule has 150 valence electrons. The van der Waals surface area contributed by atoms with Crippen LogP contribution in [0.4, 0.5) is 5.69 Å². The van der Waals surface area contributed by atoms with Crippen molar-refractivity contribution in [3.05, 3.63) is 89.2 Å². The quantitative estimate of drug-likeness (QED) is 0.259. The summed E-state index contributed by atoms with van der Waals surface area (Å²) >= 11 is 0. The number of phenolic OH excluding ortho intramolecular Hbond substituents is 1. The molecule has 1 heterocycles. The molecule has 0 aliphatic heterocycles. The monoisotopic (exact) mass is 402 g/mol. The van der Waals surface area contributed by atoms with Gasteiger partial charge in [0.15, 0.2) is 24.0 Å². The third-order valence-corrected chi connectivity index (χ3v) is 4.92. The zero-order valence-corrected chi connectivity index (χ0v) is 16.1. The number of nitrogens with zero attached hydrogens (tertiary/aromatic N) is 1. The van der Waals surface area contributed by atoms with E-state index in [-0.39, 0.29) is 46.5 Å². The summed E-state index contributed by atoms with van der Waals surface area (Å²) in [5.41, 5.74) is 1.21. The summed E-state index contributed by atoms with van der Waals surface area (Å²) in [4.78, 5) is 37.9. The maximum absolute atomic E-state index is 13.0. The van der Waals surface area contributed by atoms with Crippen molar-refractivity contribution < 1.29 is 24.1 Å². The number of amides is 1. The summed E-state index contributed by atoms with van der Waals surface area (Å²) < 4.78 is 1.76. The van der Waals surface area contributed by atoms with E-state index in [4.69, 9.17) is 0 Å². The zero-order valence-electron chi connectivity index (χ0n) is 16.1. The van der Waals surface area contributed by atoms with E-state index in [1.165, 1.54) is 6.07 Å². The maximum Gasteiger partial charge on any atom is 0.286 e. The minimum Gasteiger partial charge on any atom is -0.507 e. The van der Waals surface area contributed by atoms with Gasteiger partial charge >= 0.3 is 0 Å². The predicted molar refractivity (Wildman–Crippen MR) is 110 cm³/mol. The molecule has 7 nitrogen and oxygen atoms in total. The fourth-order valence-electron chi connectivity index (χ4n) is 3.51. The first-order valence-electron chi connectivity index (χ1n) is 9.55. The summed E-state index contributed by atoms with van der Waals surface area (Å²) in [5, 5.41) is 16.1. The number of hydrogen-bond acceptors (Lipinski definition) is 5. The standard InChI is InChI=1S/C23H19N3O4/c27-18-9-8-17(24-10-11-25-19(28)14-26-12-4-1-5-13-26)20-21(18)23(30)16-7-3-2-6-15(16)22(20)29/h1-9,12-13H,10-11,14H2,(H2-,24,25,27,28,29,30)/p+1. The highest BCUT2D eigenvalue weighted by Gasteiger charge is 2.33. The van der Waals surface area contributed by atoms with Gasteiger partial charge in [0.1, 0.15) is 5.75 Å².